The molecule has 2 heterocycles. The molecular formula is C49H66N16O12. The first kappa shape index (κ1) is 60.3. The molecule has 414 valence electrons. The molecule has 1 aromatic heterocycles. The lowest BCUT2D eigenvalue weighted by atomic mass is 10.0. The van der Waals surface area contributed by atoms with Crippen LogP contribution in [0.25, 0.3) is 10.9 Å². The summed E-state index contributed by atoms with van der Waals surface area (Å²) in [7, 11) is 0. The van der Waals surface area contributed by atoms with Crippen LogP contribution in [-0.2, 0) is 60.8 Å². The van der Waals surface area contributed by atoms with Gasteiger partial charge in [0.05, 0.1) is 18.1 Å². The van der Waals surface area contributed by atoms with Gasteiger partial charge in [0.2, 0.25) is 47.3 Å². The molecule has 28 nitrogen and oxygen atoms in total. The summed E-state index contributed by atoms with van der Waals surface area (Å²) in [4.78, 5) is 147. The predicted octanol–water partition coefficient (Wildman–Crippen LogP) is -3.41. The first-order valence-electron chi connectivity index (χ1n) is 24.6. The molecule has 7 atom stereocenters. The highest BCUT2D eigenvalue weighted by Crippen LogP contribution is 2.20. The van der Waals surface area contributed by atoms with Gasteiger partial charge < -0.3 is 80.7 Å². The molecule has 2 aromatic carbocycles. The van der Waals surface area contributed by atoms with Crippen molar-refractivity contribution in [2.45, 2.75) is 120 Å². The summed E-state index contributed by atoms with van der Waals surface area (Å²) < 4.78 is 0. The second-order valence-corrected chi connectivity index (χ2v) is 18.1. The smallest absolute Gasteiger partial charge is 0.326 e. The van der Waals surface area contributed by atoms with E-state index in [0.717, 1.165) is 6.92 Å². The van der Waals surface area contributed by atoms with Crippen LogP contribution in [0, 0.1) is 11.3 Å². The van der Waals surface area contributed by atoms with Gasteiger partial charge in [-0.1, -0.05) is 30.3 Å². The number of hydrogen-bond donors (Lipinski definition) is 15. The number of hydrogen-bond acceptors (Lipinski definition) is 13. The maximum Gasteiger partial charge on any atom is 0.326 e. The Labute approximate surface area is 441 Å². The van der Waals surface area contributed by atoms with E-state index in [9.17, 15) is 63.4 Å². The molecule has 8 amide bonds. The molecule has 19 N–H and O–H groups in total. The molecule has 1 aliphatic heterocycles. The first-order chi connectivity index (χ1) is 36.6. The van der Waals surface area contributed by atoms with Gasteiger partial charge in [-0.25, -0.2) is 4.79 Å². The van der Waals surface area contributed by atoms with Crippen molar-refractivity contribution in [3.8, 4) is 6.07 Å². The normalized spacial score (nSPS) is 20.7. The number of benzene rings is 2. The number of aliphatic carboxylic acids is 2. The van der Waals surface area contributed by atoms with Crippen molar-refractivity contribution in [1.82, 2.24) is 47.5 Å². The zero-order valence-electron chi connectivity index (χ0n) is 42.3. The molecule has 1 fully saturated rings. The van der Waals surface area contributed by atoms with Crippen LogP contribution >= 0.6 is 0 Å². The number of nitrogens with one attached hydrogen (secondary N) is 9. The van der Waals surface area contributed by atoms with Crippen molar-refractivity contribution in [2.24, 2.45) is 32.9 Å². The number of amides is 8. The van der Waals surface area contributed by atoms with Crippen LogP contribution in [0.4, 0.5) is 0 Å². The Morgan fingerprint density at radius 1 is 0.753 bits per heavy atom. The number of aliphatic imine (C=N–C) groups is 2. The molecule has 4 rings (SSSR count). The van der Waals surface area contributed by atoms with Gasteiger partial charge >= 0.3 is 11.9 Å². The van der Waals surface area contributed by atoms with Gasteiger partial charge in [0.1, 0.15) is 42.3 Å². The number of rotatable bonds is 18. The van der Waals surface area contributed by atoms with Gasteiger partial charge in [-0.3, -0.25) is 53.1 Å². The van der Waals surface area contributed by atoms with Crippen molar-refractivity contribution >= 4 is 82.0 Å². The van der Waals surface area contributed by atoms with Crippen LogP contribution in [-0.4, -0.2) is 148 Å². The molecule has 0 aliphatic carbocycles. The lowest BCUT2D eigenvalue weighted by Crippen LogP contribution is -2.60. The number of nitriles is 1. The summed E-state index contributed by atoms with van der Waals surface area (Å²) in [6.45, 7) is 1.04. The molecule has 77 heavy (non-hydrogen) atoms. The number of H-pyrrole nitrogens is 1. The summed E-state index contributed by atoms with van der Waals surface area (Å²) in [6.07, 6.45) is -1.13. The minimum absolute atomic E-state index is 0.0130. The van der Waals surface area contributed by atoms with Crippen LogP contribution in [0.5, 0.6) is 0 Å². The highest BCUT2D eigenvalue weighted by Gasteiger charge is 2.35. The van der Waals surface area contributed by atoms with Gasteiger partial charge in [-0.05, 0) is 74.3 Å². The van der Waals surface area contributed by atoms with Gasteiger partial charge in [0.15, 0.2) is 11.9 Å². The van der Waals surface area contributed by atoms with E-state index in [1.165, 1.54) is 24.3 Å². The minimum atomic E-state index is -1.96. The molecule has 1 saturated heterocycles. The number of carbonyl (C=O) groups excluding carboxylic acids is 8. The number of aromatic nitrogens is 1. The molecule has 0 bridgehead atoms. The zero-order chi connectivity index (χ0) is 56.6. The number of carbonyl (C=O) groups is 10. The highest BCUT2D eigenvalue weighted by molar-refractivity contribution is 5.99. The monoisotopic (exact) mass is 1070 g/mol. The van der Waals surface area contributed by atoms with Crippen LogP contribution in [0.2, 0.25) is 0 Å². The minimum Gasteiger partial charge on any atom is -0.481 e. The number of para-hydroxylation sites is 1. The lowest BCUT2D eigenvalue weighted by Gasteiger charge is -2.27. The summed E-state index contributed by atoms with van der Waals surface area (Å²) in [5.41, 5.74) is 23.7. The summed E-state index contributed by atoms with van der Waals surface area (Å²) >= 11 is 0. The quantitative estimate of drug-likeness (QED) is 0.0335. The van der Waals surface area contributed by atoms with Gasteiger partial charge in [0.25, 0.3) is 0 Å². The van der Waals surface area contributed by atoms with E-state index in [0.29, 0.717) is 22.0 Å². The van der Waals surface area contributed by atoms with Crippen LogP contribution < -0.4 is 65.5 Å². The van der Waals surface area contributed by atoms with E-state index >= 15 is 0 Å². The van der Waals surface area contributed by atoms with Crippen LogP contribution in [0.3, 0.4) is 0 Å². The first-order valence-corrected chi connectivity index (χ1v) is 24.6. The average molecular weight is 1070 g/mol. The lowest BCUT2D eigenvalue weighted by molar-refractivity contribution is -0.143. The Bertz CT molecular complexity index is 2710. The second kappa shape index (κ2) is 30.2. The van der Waals surface area contributed by atoms with Crippen molar-refractivity contribution in [3.63, 3.8) is 0 Å². The van der Waals surface area contributed by atoms with Crippen molar-refractivity contribution in [1.29, 1.82) is 5.26 Å². The fraction of sp³-hybridized carbons (Fsp3) is 0.449. The van der Waals surface area contributed by atoms with E-state index < -0.39 is 121 Å². The van der Waals surface area contributed by atoms with Gasteiger partial charge in [0, 0.05) is 62.9 Å². The van der Waals surface area contributed by atoms with Crippen molar-refractivity contribution in [3.05, 3.63) is 71.4 Å². The predicted molar refractivity (Wildman–Crippen MR) is 277 cm³/mol. The van der Waals surface area contributed by atoms with Crippen LogP contribution in [0.15, 0.2) is 64.7 Å². The summed E-state index contributed by atoms with van der Waals surface area (Å²) in [5.74, 6) is -11.0. The maximum absolute atomic E-state index is 14.6. The molecule has 1 aliphatic rings. The zero-order valence-corrected chi connectivity index (χ0v) is 42.3. The number of carboxylic acids is 2. The number of carboxylic acid groups (broad SMARTS) is 2. The third kappa shape index (κ3) is 20.5. The van der Waals surface area contributed by atoms with Crippen molar-refractivity contribution in [2.75, 3.05) is 19.6 Å². The molecule has 0 saturated carbocycles. The fourth-order valence-corrected chi connectivity index (χ4v) is 8.12. The number of nitrogens with two attached hydrogens (primary N) is 4. The maximum atomic E-state index is 14.6. The molecule has 3 aromatic rings. The van der Waals surface area contributed by atoms with Crippen LogP contribution in [0.1, 0.15) is 81.4 Å². The SMILES string of the molecule is CC(=O)N[C@@H](CCCN=C(N)N)C(=O)N[C@H]1CCC(=O)NCCC[C@@H](C(=O)O)NC(=O)[C@H](Cc2c[nH]c3ccccc23)NC(=O)[C@H](CCCN=C(N)N)NC(=O)[C@@H](Cc2ccc(C#N)cc2)NC(=O)[C@H](CC(=O)O)NC1=O. The Morgan fingerprint density at radius 2 is 1.35 bits per heavy atom. The van der Waals surface area contributed by atoms with E-state index in [-0.39, 0.29) is 88.5 Å². The Hall–Kier alpha value is -9.29. The summed E-state index contributed by atoms with van der Waals surface area (Å²) in [6, 6.07) is 3.81. The van der Waals surface area contributed by atoms with Crippen molar-refractivity contribution < 1.29 is 58.2 Å². The Balaban J connectivity index is 1.80. The van der Waals surface area contributed by atoms with E-state index in [1.54, 1.807) is 30.5 Å². The highest BCUT2D eigenvalue weighted by atomic mass is 16.4. The molecule has 0 spiro atoms. The fourth-order valence-electron chi connectivity index (χ4n) is 8.12. The Morgan fingerprint density at radius 3 is 1.99 bits per heavy atom. The summed E-state index contributed by atoms with van der Waals surface area (Å²) in [5, 5.41) is 50.4. The number of guanidine groups is 2. The molecule has 0 radical (unpaired) electrons. The number of aromatic amines is 1. The average Bonchev–Trinajstić information content (AvgIpc) is 3.79. The van der Waals surface area contributed by atoms with Gasteiger partial charge in [-0.2, -0.15) is 5.26 Å². The number of fused-ring (bicyclic) bond motifs is 1. The van der Waals surface area contributed by atoms with E-state index in [4.69, 9.17) is 22.9 Å². The molecule has 28 heteroatoms. The Kier molecular flexibility index (Phi) is 23.6. The largest absolute Gasteiger partial charge is 0.481 e. The number of nitrogens with zero attached hydrogens (tertiary/aromatic N) is 3. The topological polar surface area (TPSA) is 476 Å². The molecule has 0 unspecified atom stereocenters. The van der Waals surface area contributed by atoms with E-state index in [2.05, 4.69) is 57.5 Å². The molecular weight excluding hydrogens is 1000 g/mol. The van der Waals surface area contributed by atoms with Gasteiger partial charge in [-0.15, -0.1) is 0 Å². The third-order valence-corrected chi connectivity index (χ3v) is 12.0. The third-order valence-electron chi connectivity index (χ3n) is 12.0. The standard InChI is InChI=1S/C49H66N16O12/c1-26(66)59-32(9-4-19-56-48(51)52)41(70)61-34-16-17-39(67)55-18-6-11-35(47(76)77)62-45(74)37(22-29-25-58-31-8-3-2-7-30(29)31)64-42(71)33(10-5-20-57-49(53)54)60-44(73)36(21-27-12-14-28(24-50)15-13-27)63-46(75)38(23-40(68)69)65-43(34)72/h2-3,7-8,12-15,25,32-38,58H,4-6,9-11,16-23H2,1H3,(H,55,67)(H,59,66)(H,60,73)(H,61,70)(H,62,74)(H,63,75)(H,64,71)(H,65,72)(H,68,69)(H,76,77)(H4,51,52,56)(H4,53,54,57)/t32-,33-,34-,35-,36+,37-,38-/m0/s1. The van der Waals surface area contributed by atoms with E-state index in [1.807, 2.05) is 6.07 Å². The second-order valence-electron chi connectivity index (χ2n) is 18.1.